The lowest BCUT2D eigenvalue weighted by molar-refractivity contribution is 0.307. The summed E-state index contributed by atoms with van der Waals surface area (Å²) in [6, 6.07) is 0.674. The van der Waals surface area contributed by atoms with Crippen LogP contribution < -0.4 is 5.32 Å². The van der Waals surface area contributed by atoms with Gasteiger partial charge >= 0.3 is 0 Å². The first kappa shape index (κ1) is 12.5. The molecule has 18 heavy (non-hydrogen) atoms. The van der Waals surface area contributed by atoms with E-state index in [4.69, 9.17) is 0 Å². The SMILES string of the molecule is CC1(c2cncn2C2CCCSC2)CCNCC1. The second-order valence-corrected chi connectivity index (χ2v) is 7.02. The van der Waals surface area contributed by atoms with Crippen molar-refractivity contribution in [1.29, 1.82) is 0 Å². The van der Waals surface area contributed by atoms with Gasteiger partial charge in [0.15, 0.2) is 0 Å². The van der Waals surface area contributed by atoms with Gasteiger partial charge in [-0.25, -0.2) is 4.98 Å². The molecule has 2 saturated heterocycles. The minimum atomic E-state index is 0.323. The molecule has 0 aliphatic carbocycles. The fourth-order valence-corrected chi connectivity index (χ4v) is 4.38. The Bertz CT molecular complexity index is 389. The minimum absolute atomic E-state index is 0.323. The molecule has 2 fully saturated rings. The summed E-state index contributed by atoms with van der Waals surface area (Å²) in [5, 5.41) is 3.47. The molecule has 4 heteroatoms. The van der Waals surface area contributed by atoms with Crippen molar-refractivity contribution in [3.05, 3.63) is 18.2 Å². The predicted octanol–water partition coefficient (Wildman–Crippen LogP) is 2.59. The van der Waals surface area contributed by atoms with Gasteiger partial charge in [0.2, 0.25) is 0 Å². The zero-order valence-corrected chi connectivity index (χ0v) is 12.0. The highest BCUT2D eigenvalue weighted by Crippen LogP contribution is 2.36. The Hall–Kier alpha value is -0.480. The lowest BCUT2D eigenvalue weighted by Crippen LogP contribution is -2.39. The number of piperidine rings is 1. The van der Waals surface area contributed by atoms with Gasteiger partial charge in [-0.3, -0.25) is 0 Å². The fraction of sp³-hybridized carbons (Fsp3) is 0.786. The van der Waals surface area contributed by atoms with Crippen LogP contribution in [0.15, 0.2) is 12.5 Å². The van der Waals surface area contributed by atoms with Crippen LogP contribution in [-0.4, -0.2) is 34.1 Å². The van der Waals surface area contributed by atoms with Gasteiger partial charge in [0.25, 0.3) is 0 Å². The van der Waals surface area contributed by atoms with Crippen LogP contribution in [0.1, 0.15) is 44.3 Å². The lowest BCUT2D eigenvalue weighted by Gasteiger charge is -2.36. The Morgan fingerprint density at radius 1 is 1.44 bits per heavy atom. The van der Waals surface area contributed by atoms with Crippen molar-refractivity contribution in [2.45, 2.75) is 44.1 Å². The molecule has 1 N–H and O–H groups in total. The van der Waals surface area contributed by atoms with Crippen LogP contribution >= 0.6 is 11.8 Å². The molecule has 0 bridgehead atoms. The van der Waals surface area contributed by atoms with Gasteiger partial charge in [-0.2, -0.15) is 11.8 Å². The number of aromatic nitrogens is 2. The predicted molar refractivity (Wildman–Crippen MR) is 77.3 cm³/mol. The molecule has 100 valence electrons. The summed E-state index contributed by atoms with van der Waals surface area (Å²) in [5.74, 6) is 2.60. The third kappa shape index (κ3) is 2.32. The Kier molecular flexibility index (Phi) is 3.66. The summed E-state index contributed by atoms with van der Waals surface area (Å²) in [4.78, 5) is 4.45. The second-order valence-electron chi connectivity index (χ2n) is 5.87. The van der Waals surface area contributed by atoms with Crippen molar-refractivity contribution >= 4 is 11.8 Å². The molecule has 2 aliphatic heterocycles. The van der Waals surface area contributed by atoms with E-state index >= 15 is 0 Å². The zero-order valence-electron chi connectivity index (χ0n) is 11.2. The molecule has 0 saturated carbocycles. The summed E-state index contributed by atoms with van der Waals surface area (Å²) < 4.78 is 2.48. The van der Waals surface area contributed by atoms with E-state index in [0.29, 0.717) is 11.5 Å². The summed E-state index contributed by atoms with van der Waals surface area (Å²) in [5.41, 5.74) is 1.79. The number of rotatable bonds is 2. The monoisotopic (exact) mass is 265 g/mol. The molecule has 1 aromatic rings. The number of imidazole rings is 1. The maximum absolute atomic E-state index is 4.45. The van der Waals surface area contributed by atoms with Crippen molar-refractivity contribution in [3.8, 4) is 0 Å². The highest BCUT2D eigenvalue weighted by atomic mass is 32.2. The van der Waals surface area contributed by atoms with Gasteiger partial charge in [0.05, 0.1) is 6.33 Å². The van der Waals surface area contributed by atoms with Crippen molar-refractivity contribution in [2.24, 2.45) is 0 Å². The fourth-order valence-electron chi connectivity index (χ4n) is 3.24. The molecule has 2 aliphatic rings. The molecule has 0 radical (unpaired) electrons. The van der Waals surface area contributed by atoms with Crippen LogP contribution in [-0.2, 0) is 5.41 Å². The standard InChI is InChI=1S/C14H23N3S/c1-14(4-6-15-7-5-14)13-9-16-11-17(13)12-3-2-8-18-10-12/h9,11-12,15H,2-8,10H2,1H3. The van der Waals surface area contributed by atoms with Crippen LogP contribution in [0.5, 0.6) is 0 Å². The van der Waals surface area contributed by atoms with Gasteiger partial charge in [0, 0.05) is 29.1 Å². The molecule has 0 amide bonds. The Labute approximate surface area is 114 Å². The number of nitrogens with zero attached hydrogens (tertiary/aromatic N) is 2. The van der Waals surface area contributed by atoms with Crippen LogP contribution in [0, 0.1) is 0 Å². The normalized spacial score (nSPS) is 28.2. The molecule has 3 nitrogen and oxygen atoms in total. The van der Waals surface area contributed by atoms with Gasteiger partial charge < -0.3 is 9.88 Å². The number of hydrogen-bond acceptors (Lipinski definition) is 3. The average Bonchev–Trinajstić information content (AvgIpc) is 2.91. The summed E-state index contributed by atoms with van der Waals surface area (Å²) in [7, 11) is 0. The maximum atomic E-state index is 4.45. The van der Waals surface area contributed by atoms with E-state index in [1.807, 2.05) is 0 Å². The van der Waals surface area contributed by atoms with Gasteiger partial charge in [0.1, 0.15) is 0 Å². The first-order valence-electron chi connectivity index (χ1n) is 7.10. The van der Waals surface area contributed by atoms with Crippen molar-refractivity contribution in [1.82, 2.24) is 14.9 Å². The summed E-state index contributed by atoms with van der Waals surface area (Å²) in [6.45, 7) is 4.69. The Morgan fingerprint density at radius 2 is 2.28 bits per heavy atom. The molecule has 3 rings (SSSR count). The van der Waals surface area contributed by atoms with E-state index in [2.05, 4.69) is 46.1 Å². The van der Waals surface area contributed by atoms with Gasteiger partial charge in [-0.05, 0) is 44.5 Å². The number of nitrogens with one attached hydrogen (secondary N) is 1. The quantitative estimate of drug-likeness (QED) is 0.891. The highest BCUT2D eigenvalue weighted by Gasteiger charge is 2.33. The second kappa shape index (κ2) is 5.25. The van der Waals surface area contributed by atoms with E-state index < -0.39 is 0 Å². The Balaban J connectivity index is 1.85. The number of thioether (sulfide) groups is 1. The average molecular weight is 265 g/mol. The number of hydrogen-bond donors (Lipinski definition) is 1. The molecule has 0 aromatic carbocycles. The minimum Gasteiger partial charge on any atom is -0.330 e. The molecule has 1 aromatic heterocycles. The topological polar surface area (TPSA) is 29.9 Å². The third-order valence-corrected chi connectivity index (χ3v) is 5.72. The largest absolute Gasteiger partial charge is 0.330 e. The van der Waals surface area contributed by atoms with Gasteiger partial charge in [-0.1, -0.05) is 6.92 Å². The molecule has 1 unspecified atom stereocenters. The van der Waals surface area contributed by atoms with Crippen molar-refractivity contribution in [2.75, 3.05) is 24.6 Å². The van der Waals surface area contributed by atoms with Crippen molar-refractivity contribution < 1.29 is 0 Å². The molecule has 1 atom stereocenters. The van der Waals surface area contributed by atoms with Crippen LogP contribution in [0.3, 0.4) is 0 Å². The Morgan fingerprint density at radius 3 is 3.00 bits per heavy atom. The van der Waals surface area contributed by atoms with E-state index in [-0.39, 0.29) is 0 Å². The van der Waals surface area contributed by atoms with Crippen LogP contribution in [0.2, 0.25) is 0 Å². The third-order valence-electron chi connectivity index (χ3n) is 4.52. The van der Waals surface area contributed by atoms with Crippen molar-refractivity contribution in [3.63, 3.8) is 0 Å². The van der Waals surface area contributed by atoms with Crippen LogP contribution in [0.25, 0.3) is 0 Å². The highest BCUT2D eigenvalue weighted by molar-refractivity contribution is 7.99. The maximum Gasteiger partial charge on any atom is 0.0951 e. The van der Waals surface area contributed by atoms with E-state index in [0.717, 1.165) is 13.1 Å². The van der Waals surface area contributed by atoms with E-state index in [9.17, 15) is 0 Å². The zero-order chi connectivity index (χ0) is 12.4. The first-order valence-corrected chi connectivity index (χ1v) is 8.26. The van der Waals surface area contributed by atoms with E-state index in [1.165, 1.54) is 42.9 Å². The summed E-state index contributed by atoms with van der Waals surface area (Å²) >= 11 is 2.09. The molecular weight excluding hydrogens is 242 g/mol. The smallest absolute Gasteiger partial charge is 0.0951 e. The van der Waals surface area contributed by atoms with Crippen LogP contribution in [0.4, 0.5) is 0 Å². The lowest BCUT2D eigenvalue weighted by atomic mass is 9.78. The summed E-state index contributed by atoms with van der Waals surface area (Å²) in [6.07, 6.45) is 9.33. The molecule has 0 spiro atoms. The van der Waals surface area contributed by atoms with Gasteiger partial charge in [-0.15, -0.1) is 0 Å². The van der Waals surface area contributed by atoms with E-state index in [1.54, 1.807) is 0 Å². The first-order chi connectivity index (χ1) is 8.80. The molecule has 3 heterocycles. The molecular formula is C14H23N3S.